The lowest BCUT2D eigenvalue weighted by atomic mass is 9.83. The summed E-state index contributed by atoms with van der Waals surface area (Å²) >= 11 is 0. The number of methoxy groups -OCH3 is 1. The Balaban J connectivity index is 1.23. The molecular formula is C23H26N4O4. The zero-order chi connectivity index (χ0) is 21.3. The highest BCUT2D eigenvalue weighted by Crippen LogP contribution is 2.36. The maximum Gasteiger partial charge on any atom is 0.270 e. The highest BCUT2D eigenvalue weighted by atomic mass is 16.5. The molecule has 0 bridgehead atoms. The topological polar surface area (TPSA) is 89.6 Å². The molecule has 2 aliphatic heterocycles. The number of amides is 1. The van der Waals surface area contributed by atoms with Crippen LogP contribution in [0.5, 0.6) is 11.6 Å². The molecule has 1 N–H and O–H groups in total. The van der Waals surface area contributed by atoms with Gasteiger partial charge in [0.05, 0.1) is 25.5 Å². The summed E-state index contributed by atoms with van der Waals surface area (Å²) in [5, 5.41) is 0.997. The van der Waals surface area contributed by atoms with E-state index in [0.29, 0.717) is 31.3 Å². The van der Waals surface area contributed by atoms with E-state index in [1.54, 1.807) is 25.7 Å². The quantitative estimate of drug-likeness (QED) is 0.695. The minimum absolute atomic E-state index is 0.0215. The number of carbonyl (C=O) groups excluding carboxylic acids is 1. The van der Waals surface area contributed by atoms with Crippen molar-refractivity contribution in [2.75, 3.05) is 26.8 Å². The minimum atomic E-state index is -0.240. The zero-order valence-electron chi connectivity index (χ0n) is 17.5. The predicted octanol–water partition coefficient (Wildman–Crippen LogP) is 3.20. The van der Waals surface area contributed by atoms with E-state index in [-0.39, 0.29) is 17.6 Å². The van der Waals surface area contributed by atoms with Gasteiger partial charge in [-0.05, 0) is 31.0 Å². The molecule has 0 aliphatic carbocycles. The molecule has 4 heterocycles. The lowest BCUT2D eigenvalue weighted by molar-refractivity contribution is -0.135. The molecule has 162 valence electrons. The fraction of sp³-hybridized carbons (Fsp3) is 0.435. The molecule has 8 heteroatoms. The second-order valence-electron chi connectivity index (χ2n) is 8.24. The number of H-pyrrole nitrogens is 1. The van der Waals surface area contributed by atoms with E-state index in [0.717, 1.165) is 42.3 Å². The van der Waals surface area contributed by atoms with Gasteiger partial charge >= 0.3 is 0 Å². The van der Waals surface area contributed by atoms with Crippen LogP contribution in [0.15, 0.2) is 42.9 Å². The third-order valence-electron chi connectivity index (χ3n) is 6.30. The molecule has 2 aliphatic rings. The molecule has 0 saturated carbocycles. The summed E-state index contributed by atoms with van der Waals surface area (Å²) < 4.78 is 17.5. The van der Waals surface area contributed by atoms with Crippen molar-refractivity contribution in [3.63, 3.8) is 0 Å². The molecule has 2 fully saturated rings. The summed E-state index contributed by atoms with van der Waals surface area (Å²) in [7, 11) is 1.63. The molecule has 1 unspecified atom stereocenters. The maximum atomic E-state index is 13.1. The third kappa shape index (κ3) is 4.07. The van der Waals surface area contributed by atoms with Crippen LogP contribution in [-0.2, 0) is 4.74 Å². The van der Waals surface area contributed by atoms with Crippen molar-refractivity contribution in [1.82, 2.24) is 19.9 Å². The van der Waals surface area contributed by atoms with E-state index < -0.39 is 0 Å². The molecule has 1 spiro atoms. The van der Waals surface area contributed by atoms with Crippen LogP contribution in [0.3, 0.4) is 0 Å². The molecular weight excluding hydrogens is 396 g/mol. The smallest absolute Gasteiger partial charge is 0.270 e. The van der Waals surface area contributed by atoms with Gasteiger partial charge in [0.25, 0.3) is 5.91 Å². The number of likely N-dealkylation sites (tertiary alicyclic amines) is 1. The van der Waals surface area contributed by atoms with Crippen molar-refractivity contribution in [3.05, 3.63) is 48.5 Å². The van der Waals surface area contributed by atoms with Crippen LogP contribution in [0, 0.1) is 0 Å². The highest BCUT2D eigenvalue weighted by Gasteiger charge is 2.42. The number of rotatable bonds is 4. The second kappa shape index (κ2) is 8.19. The number of benzene rings is 1. The zero-order valence-corrected chi connectivity index (χ0v) is 17.5. The Kier molecular flexibility index (Phi) is 5.23. The average Bonchev–Trinajstić information content (AvgIpc) is 3.23. The van der Waals surface area contributed by atoms with Gasteiger partial charge in [0.15, 0.2) is 0 Å². The summed E-state index contributed by atoms with van der Waals surface area (Å²) in [6.45, 7) is 1.98. The molecule has 3 aromatic rings. The van der Waals surface area contributed by atoms with Gasteiger partial charge in [-0.1, -0.05) is 0 Å². The summed E-state index contributed by atoms with van der Waals surface area (Å²) in [5.74, 6) is 1.33. The molecule has 2 aromatic heterocycles. The second-order valence-corrected chi connectivity index (χ2v) is 8.24. The van der Waals surface area contributed by atoms with E-state index in [1.807, 2.05) is 29.2 Å². The van der Waals surface area contributed by atoms with E-state index in [9.17, 15) is 4.79 Å². The number of nitrogens with zero attached hydrogens (tertiary/aromatic N) is 3. The van der Waals surface area contributed by atoms with Crippen LogP contribution in [-0.4, -0.2) is 64.3 Å². The number of hydrogen-bond donors (Lipinski definition) is 1. The van der Waals surface area contributed by atoms with Gasteiger partial charge < -0.3 is 24.1 Å². The first-order valence-electron chi connectivity index (χ1n) is 10.7. The summed E-state index contributed by atoms with van der Waals surface area (Å²) in [6, 6.07) is 7.67. The fourth-order valence-corrected chi connectivity index (χ4v) is 4.58. The third-order valence-corrected chi connectivity index (χ3v) is 6.30. The monoisotopic (exact) mass is 422 g/mol. The number of ether oxygens (including phenoxy) is 3. The highest BCUT2D eigenvalue weighted by molar-refractivity contribution is 5.98. The minimum Gasteiger partial charge on any atom is -0.497 e. The van der Waals surface area contributed by atoms with Crippen LogP contribution in [0.25, 0.3) is 10.9 Å². The summed E-state index contributed by atoms with van der Waals surface area (Å²) in [4.78, 5) is 26.5. The Morgan fingerprint density at radius 3 is 2.90 bits per heavy atom. The first-order chi connectivity index (χ1) is 15.1. The van der Waals surface area contributed by atoms with Gasteiger partial charge in [-0.25, -0.2) is 4.98 Å². The van der Waals surface area contributed by atoms with Gasteiger partial charge in [0.2, 0.25) is 5.88 Å². The average molecular weight is 422 g/mol. The number of aromatic amines is 1. The van der Waals surface area contributed by atoms with Gasteiger partial charge in [0.1, 0.15) is 17.5 Å². The predicted molar refractivity (Wildman–Crippen MR) is 114 cm³/mol. The largest absolute Gasteiger partial charge is 0.497 e. The van der Waals surface area contributed by atoms with Crippen molar-refractivity contribution >= 4 is 16.8 Å². The Labute approximate surface area is 180 Å². The number of aromatic nitrogens is 3. The number of carbonyl (C=O) groups is 1. The molecule has 31 heavy (non-hydrogen) atoms. The number of fused-ring (bicyclic) bond motifs is 1. The lowest BCUT2D eigenvalue weighted by Gasteiger charge is -2.45. The SMILES string of the molecule is COc1ccc2cc(C(=O)N3CCC4(CC3)CC(Oc3cnccn3)CCO4)[nH]c2c1. The first kappa shape index (κ1) is 19.8. The molecule has 5 rings (SSSR count). The molecule has 1 atom stereocenters. The van der Waals surface area contributed by atoms with E-state index in [2.05, 4.69) is 15.0 Å². The first-order valence-corrected chi connectivity index (χ1v) is 10.7. The lowest BCUT2D eigenvalue weighted by Crippen LogP contribution is -2.52. The van der Waals surface area contributed by atoms with Crippen LogP contribution in [0.1, 0.15) is 36.2 Å². The van der Waals surface area contributed by atoms with Crippen molar-refractivity contribution in [2.24, 2.45) is 0 Å². The summed E-state index contributed by atoms with van der Waals surface area (Å²) in [6.07, 6.45) is 8.19. The van der Waals surface area contributed by atoms with Crippen LogP contribution >= 0.6 is 0 Å². The molecule has 2 saturated heterocycles. The van der Waals surface area contributed by atoms with Crippen LogP contribution in [0.4, 0.5) is 0 Å². The Hall–Kier alpha value is -3.13. The van der Waals surface area contributed by atoms with Gasteiger partial charge in [0, 0.05) is 55.3 Å². The molecule has 8 nitrogen and oxygen atoms in total. The van der Waals surface area contributed by atoms with Crippen LogP contribution < -0.4 is 9.47 Å². The normalized spacial score (nSPS) is 20.7. The van der Waals surface area contributed by atoms with Crippen LogP contribution in [0.2, 0.25) is 0 Å². The number of piperidine rings is 1. The Morgan fingerprint density at radius 1 is 1.26 bits per heavy atom. The van der Waals surface area contributed by atoms with Gasteiger partial charge in [-0.2, -0.15) is 0 Å². The van der Waals surface area contributed by atoms with Crippen molar-refractivity contribution < 1.29 is 19.0 Å². The number of nitrogens with one attached hydrogen (secondary N) is 1. The summed E-state index contributed by atoms with van der Waals surface area (Å²) in [5.41, 5.74) is 1.26. The van der Waals surface area contributed by atoms with E-state index >= 15 is 0 Å². The molecule has 0 radical (unpaired) electrons. The van der Waals surface area contributed by atoms with Crippen molar-refractivity contribution in [1.29, 1.82) is 0 Å². The van der Waals surface area contributed by atoms with Gasteiger partial charge in [-0.3, -0.25) is 9.78 Å². The van der Waals surface area contributed by atoms with E-state index in [1.165, 1.54) is 0 Å². The molecule has 1 amide bonds. The number of hydrogen-bond acceptors (Lipinski definition) is 6. The maximum absolute atomic E-state index is 13.1. The molecule has 1 aromatic carbocycles. The van der Waals surface area contributed by atoms with Crippen molar-refractivity contribution in [3.8, 4) is 11.6 Å². The van der Waals surface area contributed by atoms with Gasteiger partial charge in [-0.15, -0.1) is 0 Å². The van der Waals surface area contributed by atoms with Crippen molar-refractivity contribution in [2.45, 2.75) is 37.4 Å². The standard InChI is InChI=1S/C23H26N4O4/c1-29-17-3-2-16-12-20(26-19(16)13-17)22(28)27-9-5-23(6-10-27)14-18(4-11-30-23)31-21-15-24-7-8-25-21/h2-3,7-8,12-13,15,18,26H,4-6,9-11,14H2,1H3. The fourth-order valence-electron chi connectivity index (χ4n) is 4.58. The Bertz CT molecular complexity index is 1060. The Morgan fingerprint density at radius 2 is 2.13 bits per heavy atom. The van der Waals surface area contributed by atoms with E-state index in [4.69, 9.17) is 14.2 Å².